The second-order valence-electron chi connectivity index (χ2n) is 7.56. The average molecular weight is 349 g/mol. The molecule has 25 heavy (non-hydrogen) atoms. The zero-order valence-corrected chi connectivity index (χ0v) is 15.6. The van der Waals surface area contributed by atoms with Gasteiger partial charge in [-0.15, -0.1) is 0 Å². The van der Waals surface area contributed by atoms with Gasteiger partial charge in [0, 0.05) is 38.4 Å². The number of aromatic nitrogens is 2. The third-order valence-corrected chi connectivity index (χ3v) is 5.71. The van der Waals surface area contributed by atoms with Gasteiger partial charge in [0.2, 0.25) is 0 Å². The van der Waals surface area contributed by atoms with Gasteiger partial charge in [-0.2, -0.15) is 0 Å². The van der Waals surface area contributed by atoms with E-state index >= 15 is 0 Å². The van der Waals surface area contributed by atoms with Crippen molar-refractivity contribution in [3.05, 3.63) is 23.8 Å². The number of fused-ring (bicyclic) bond motifs is 1. The van der Waals surface area contributed by atoms with Gasteiger partial charge in [0.1, 0.15) is 5.82 Å². The lowest BCUT2D eigenvalue weighted by molar-refractivity contribution is -0.104. The van der Waals surface area contributed by atoms with Gasteiger partial charge < -0.3 is 14.6 Å². The number of aliphatic hydroxyl groups excluding tert-OH is 1. The highest BCUT2D eigenvalue weighted by Crippen LogP contribution is 2.43. The Kier molecular flexibility index (Phi) is 6.04. The van der Waals surface area contributed by atoms with E-state index in [1.165, 1.54) is 0 Å². The minimum Gasteiger partial charge on any atom is -0.394 e. The molecule has 2 aliphatic rings. The number of rotatable bonds is 7. The Morgan fingerprint density at radius 3 is 2.96 bits per heavy atom. The molecule has 1 aliphatic carbocycles. The molecule has 0 radical (unpaired) electrons. The van der Waals surface area contributed by atoms with E-state index in [1.54, 1.807) is 0 Å². The number of hydrogen-bond donors (Lipinski definition) is 1. The minimum absolute atomic E-state index is 0.0625. The van der Waals surface area contributed by atoms with E-state index in [1.807, 2.05) is 19.4 Å². The Morgan fingerprint density at radius 2 is 2.24 bits per heavy atom. The Labute approximate surface area is 150 Å². The van der Waals surface area contributed by atoms with Crippen LogP contribution in [0.1, 0.15) is 57.0 Å². The van der Waals surface area contributed by atoms with Gasteiger partial charge in [-0.3, -0.25) is 4.90 Å². The van der Waals surface area contributed by atoms with Crippen molar-refractivity contribution in [2.24, 2.45) is 0 Å². The van der Waals surface area contributed by atoms with Crippen molar-refractivity contribution >= 4 is 0 Å². The maximum atomic E-state index is 9.02. The zero-order valence-electron chi connectivity index (χ0n) is 15.6. The molecule has 3 rings (SSSR count). The summed E-state index contributed by atoms with van der Waals surface area (Å²) in [4.78, 5) is 11.6. The molecule has 0 bridgehead atoms. The maximum Gasteiger partial charge on any atom is 0.131 e. The molecule has 2 fully saturated rings. The van der Waals surface area contributed by atoms with Crippen molar-refractivity contribution in [1.82, 2.24) is 14.9 Å². The summed E-state index contributed by atoms with van der Waals surface area (Å²) in [6.07, 6.45) is 6.10. The van der Waals surface area contributed by atoms with Crippen molar-refractivity contribution in [3.63, 3.8) is 0 Å². The number of likely N-dealkylation sites (tertiary alicyclic amines) is 1. The van der Waals surface area contributed by atoms with E-state index in [4.69, 9.17) is 19.6 Å². The van der Waals surface area contributed by atoms with Gasteiger partial charge in [0.25, 0.3) is 0 Å². The van der Waals surface area contributed by atoms with E-state index < -0.39 is 0 Å². The van der Waals surface area contributed by atoms with E-state index in [2.05, 4.69) is 23.7 Å². The van der Waals surface area contributed by atoms with E-state index in [0.29, 0.717) is 18.6 Å². The second-order valence-corrected chi connectivity index (χ2v) is 7.56. The van der Waals surface area contributed by atoms with Crippen molar-refractivity contribution in [3.8, 4) is 0 Å². The van der Waals surface area contributed by atoms with Gasteiger partial charge in [0.05, 0.1) is 30.6 Å². The normalized spacial score (nSPS) is 30.0. The predicted octanol–water partition coefficient (Wildman–Crippen LogP) is 2.12. The molecule has 0 spiro atoms. The Balaban J connectivity index is 1.72. The number of methoxy groups -OCH3 is 1. The molecule has 1 aliphatic heterocycles. The third kappa shape index (κ3) is 4.03. The summed E-state index contributed by atoms with van der Waals surface area (Å²) in [6, 6.07) is 2.36. The lowest BCUT2D eigenvalue weighted by atomic mass is 9.79. The van der Waals surface area contributed by atoms with E-state index in [-0.39, 0.29) is 18.3 Å². The van der Waals surface area contributed by atoms with Crippen LogP contribution < -0.4 is 0 Å². The van der Waals surface area contributed by atoms with Crippen molar-refractivity contribution in [2.45, 2.75) is 69.7 Å². The summed E-state index contributed by atoms with van der Waals surface area (Å²) in [5, 5.41) is 9.02. The molecular weight excluding hydrogens is 318 g/mol. The van der Waals surface area contributed by atoms with Gasteiger partial charge in [-0.1, -0.05) is 13.8 Å². The smallest absolute Gasteiger partial charge is 0.131 e. The fourth-order valence-corrected chi connectivity index (χ4v) is 4.30. The first-order chi connectivity index (χ1) is 12.1. The molecule has 3 atom stereocenters. The van der Waals surface area contributed by atoms with Crippen LogP contribution in [0, 0.1) is 0 Å². The van der Waals surface area contributed by atoms with Crippen molar-refractivity contribution in [1.29, 1.82) is 0 Å². The van der Waals surface area contributed by atoms with Crippen molar-refractivity contribution < 1.29 is 14.6 Å². The molecule has 1 saturated heterocycles. The fraction of sp³-hybridized carbons (Fsp3) is 0.789. The lowest BCUT2D eigenvalue weighted by Crippen LogP contribution is -2.51. The van der Waals surface area contributed by atoms with Crippen LogP contribution in [-0.2, 0) is 16.0 Å². The number of hydrogen-bond acceptors (Lipinski definition) is 6. The first kappa shape index (κ1) is 18.7. The van der Waals surface area contributed by atoms with Gasteiger partial charge >= 0.3 is 0 Å². The van der Waals surface area contributed by atoms with Crippen LogP contribution in [0.2, 0.25) is 0 Å². The summed E-state index contributed by atoms with van der Waals surface area (Å²) >= 11 is 0. The topological polar surface area (TPSA) is 67.7 Å². The van der Waals surface area contributed by atoms with Crippen LogP contribution in [-0.4, -0.2) is 64.6 Å². The SMILES string of the molecule is CO[C@@]12CC[C@H](OCCO)C[C@@H]1N(Cc1ccnc(C(C)C)n1)CC2. The van der Waals surface area contributed by atoms with Gasteiger partial charge in [-0.25, -0.2) is 9.97 Å². The van der Waals surface area contributed by atoms with Crippen LogP contribution >= 0.6 is 0 Å². The molecule has 1 aromatic heterocycles. The summed E-state index contributed by atoms with van der Waals surface area (Å²) in [5.74, 6) is 1.24. The Morgan fingerprint density at radius 1 is 1.40 bits per heavy atom. The first-order valence-corrected chi connectivity index (χ1v) is 9.41. The molecule has 1 saturated carbocycles. The van der Waals surface area contributed by atoms with E-state index in [0.717, 1.165) is 50.3 Å². The number of ether oxygens (including phenoxy) is 2. The lowest BCUT2D eigenvalue weighted by Gasteiger charge is -2.43. The number of aliphatic hydroxyl groups is 1. The van der Waals surface area contributed by atoms with Crippen LogP contribution in [0.3, 0.4) is 0 Å². The minimum atomic E-state index is -0.0625. The highest BCUT2D eigenvalue weighted by Gasteiger charge is 2.51. The summed E-state index contributed by atoms with van der Waals surface area (Å²) < 4.78 is 11.8. The molecular formula is C19H31N3O3. The Hall–Kier alpha value is -1.08. The van der Waals surface area contributed by atoms with Crippen LogP contribution in [0.4, 0.5) is 0 Å². The summed E-state index contributed by atoms with van der Waals surface area (Å²) in [6.45, 7) is 6.58. The second kappa shape index (κ2) is 8.08. The Bertz CT molecular complexity index is 569. The molecule has 6 nitrogen and oxygen atoms in total. The quantitative estimate of drug-likeness (QED) is 0.813. The molecule has 6 heteroatoms. The first-order valence-electron chi connectivity index (χ1n) is 9.41. The molecule has 1 aromatic rings. The van der Waals surface area contributed by atoms with Crippen molar-refractivity contribution in [2.75, 3.05) is 26.9 Å². The average Bonchev–Trinajstić information content (AvgIpc) is 2.98. The number of nitrogens with zero attached hydrogens (tertiary/aromatic N) is 3. The molecule has 0 unspecified atom stereocenters. The van der Waals surface area contributed by atoms with Gasteiger partial charge in [-0.05, 0) is 31.7 Å². The van der Waals surface area contributed by atoms with Crippen LogP contribution in [0.15, 0.2) is 12.3 Å². The largest absolute Gasteiger partial charge is 0.394 e. The van der Waals surface area contributed by atoms with Crippen LogP contribution in [0.25, 0.3) is 0 Å². The summed E-state index contributed by atoms with van der Waals surface area (Å²) in [7, 11) is 1.84. The third-order valence-electron chi connectivity index (χ3n) is 5.71. The fourth-order valence-electron chi connectivity index (χ4n) is 4.30. The molecule has 0 aromatic carbocycles. The highest BCUT2D eigenvalue weighted by atomic mass is 16.5. The molecule has 140 valence electrons. The van der Waals surface area contributed by atoms with Gasteiger partial charge in [0.15, 0.2) is 0 Å². The molecule has 0 amide bonds. The monoisotopic (exact) mass is 349 g/mol. The maximum absolute atomic E-state index is 9.02. The summed E-state index contributed by atoms with van der Waals surface area (Å²) in [5.41, 5.74) is 1.01. The highest BCUT2D eigenvalue weighted by molar-refractivity contribution is 5.10. The standard InChI is InChI=1S/C19H31N3O3/c1-14(2)18-20-8-5-15(21-18)13-22-9-7-19(24-3)6-4-16(12-17(19)22)25-11-10-23/h5,8,14,16-17,23H,4,6-7,9-13H2,1-3H3/t16-,17-,19+/m0/s1. The zero-order chi connectivity index (χ0) is 17.9. The molecule has 1 N–H and O–H groups in total. The van der Waals surface area contributed by atoms with Crippen LogP contribution in [0.5, 0.6) is 0 Å². The molecule has 2 heterocycles. The van der Waals surface area contributed by atoms with E-state index in [9.17, 15) is 0 Å². The predicted molar refractivity (Wildman–Crippen MR) is 95.4 cm³/mol.